The summed E-state index contributed by atoms with van der Waals surface area (Å²) >= 11 is 0. The van der Waals surface area contributed by atoms with Crippen LogP contribution in [0.4, 0.5) is 0 Å². The summed E-state index contributed by atoms with van der Waals surface area (Å²) in [6, 6.07) is 0. The van der Waals surface area contributed by atoms with Crippen molar-refractivity contribution in [1.29, 1.82) is 0 Å². The SMILES string of the molecule is CCCC[C@@H]1CCC[C@@H](C[C@@]2(CCC3CCCCC3)N=C(N)N(C)C2=O)C1. The minimum absolute atomic E-state index is 0.159. The zero-order valence-corrected chi connectivity index (χ0v) is 17.7. The van der Waals surface area contributed by atoms with E-state index in [0.29, 0.717) is 11.9 Å². The monoisotopic (exact) mass is 375 g/mol. The van der Waals surface area contributed by atoms with Crippen LogP contribution in [0, 0.1) is 17.8 Å². The van der Waals surface area contributed by atoms with Gasteiger partial charge in [-0.1, -0.05) is 77.6 Å². The van der Waals surface area contributed by atoms with Crippen LogP contribution >= 0.6 is 0 Å². The minimum Gasteiger partial charge on any atom is -0.369 e. The van der Waals surface area contributed by atoms with Gasteiger partial charge in [-0.3, -0.25) is 9.69 Å². The fraction of sp³-hybridized carbons (Fsp3) is 0.913. The van der Waals surface area contributed by atoms with Crippen molar-refractivity contribution in [3.05, 3.63) is 0 Å². The highest BCUT2D eigenvalue weighted by Gasteiger charge is 2.47. The second-order valence-corrected chi connectivity index (χ2v) is 9.65. The molecule has 3 aliphatic rings. The van der Waals surface area contributed by atoms with E-state index in [2.05, 4.69) is 6.92 Å². The molecule has 4 heteroatoms. The molecular formula is C23H41N3O. The van der Waals surface area contributed by atoms with Crippen LogP contribution in [-0.4, -0.2) is 29.4 Å². The number of rotatable bonds is 8. The van der Waals surface area contributed by atoms with E-state index < -0.39 is 5.54 Å². The number of carbonyl (C=O) groups excluding carboxylic acids is 1. The van der Waals surface area contributed by atoms with E-state index in [-0.39, 0.29) is 5.91 Å². The van der Waals surface area contributed by atoms with Crippen molar-refractivity contribution < 1.29 is 4.79 Å². The van der Waals surface area contributed by atoms with E-state index in [9.17, 15) is 4.79 Å². The van der Waals surface area contributed by atoms with E-state index in [4.69, 9.17) is 10.7 Å². The molecule has 0 unspecified atom stereocenters. The molecule has 1 aliphatic heterocycles. The highest BCUT2D eigenvalue weighted by Crippen LogP contribution is 2.42. The average molecular weight is 376 g/mol. The zero-order valence-electron chi connectivity index (χ0n) is 17.7. The maximum Gasteiger partial charge on any atom is 0.257 e. The Bertz CT molecular complexity index is 526. The highest BCUT2D eigenvalue weighted by atomic mass is 16.2. The smallest absolute Gasteiger partial charge is 0.257 e. The lowest BCUT2D eigenvalue weighted by Crippen LogP contribution is -2.44. The lowest BCUT2D eigenvalue weighted by Gasteiger charge is -2.35. The number of hydrogen-bond acceptors (Lipinski definition) is 3. The number of nitrogens with two attached hydrogens (primary N) is 1. The van der Waals surface area contributed by atoms with Gasteiger partial charge in [0, 0.05) is 7.05 Å². The molecule has 154 valence electrons. The number of unbranched alkanes of at least 4 members (excludes halogenated alkanes) is 1. The minimum atomic E-state index is -0.562. The molecule has 0 bridgehead atoms. The molecule has 2 saturated carbocycles. The summed E-state index contributed by atoms with van der Waals surface area (Å²) < 4.78 is 0. The lowest BCUT2D eigenvalue weighted by molar-refractivity contribution is -0.131. The first-order valence-corrected chi connectivity index (χ1v) is 11.7. The molecule has 0 radical (unpaired) electrons. The summed E-state index contributed by atoms with van der Waals surface area (Å²) in [5.41, 5.74) is 5.54. The van der Waals surface area contributed by atoms with Crippen molar-refractivity contribution >= 4 is 11.9 Å². The highest BCUT2D eigenvalue weighted by molar-refractivity contribution is 6.06. The molecule has 3 atom stereocenters. The second kappa shape index (κ2) is 9.43. The summed E-state index contributed by atoms with van der Waals surface area (Å²) in [6.45, 7) is 2.28. The number of amides is 1. The molecule has 0 spiro atoms. The van der Waals surface area contributed by atoms with Gasteiger partial charge in [0.15, 0.2) is 5.96 Å². The third-order valence-corrected chi connectivity index (χ3v) is 7.55. The van der Waals surface area contributed by atoms with E-state index in [1.165, 1.54) is 77.0 Å². The molecule has 1 amide bonds. The first kappa shape index (κ1) is 20.7. The van der Waals surface area contributed by atoms with Crippen molar-refractivity contribution in [2.24, 2.45) is 28.5 Å². The normalized spacial score (nSPS) is 32.7. The van der Waals surface area contributed by atoms with Crippen LogP contribution in [0.15, 0.2) is 4.99 Å². The third-order valence-electron chi connectivity index (χ3n) is 7.55. The first-order valence-electron chi connectivity index (χ1n) is 11.7. The third kappa shape index (κ3) is 5.06. The van der Waals surface area contributed by atoms with Crippen LogP contribution in [-0.2, 0) is 4.79 Å². The van der Waals surface area contributed by atoms with Gasteiger partial charge in [-0.15, -0.1) is 0 Å². The van der Waals surface area contributed by atoms with Gasteiger partial charge in [-0.05, 0) is 43.4 Å². The Morgan fingerprint density at radius 1 is 1.04 bits per heavy atom. The molecule has 4 nitrogen and oxygen atoms in total. The van der Waals surface area contributed by atoms with Gasteiger partial charge in [0.1, 0.15) is 5.54 Å². The molecule has 27 heavy (non-hydrogen) atoms. The lowest BCUT2D eigenvalue weighted by atomic mass is 9.72. The summed E-state index contributed by atoms with van der Waals surface area (Å²) in [5, 5.41) is 0. The molecule has 0 aromatic carbocycles. The first-order chi connectivity index (χ1) is 13.0. The van der Waals surface area contributed by atoms with Gasteiger partial charge in [0.2, 0.25) is 0 Å². The number of hydrogen-bond donors (Lipinski definition) is 1. The molecule has 2 aliphatic carbocycles. The molecule has 0 aromatic heterocycles. The number of aliphatic imine (C=N–C) groups is 1. The Labute approximate surface area is 166 Å². The van der Waals surface area contributed by atoms with Crippen LogP contribution in [0.1, 0.15) is 103 Å². The van der Waals surface area contributed by atoms with Gasteiger partial charge in [-0.25, -0.2) is 4.99 Å². The standard InChI is InChI=1S/C23H41N3O/c1-3-4-9-19-12-8-13-20(16-19)17-23(21(27)26(2)22(24)25-23)15-14-18-10-6-5-7-11-18/h18-20H,3-17H2,1-2H3,(H2,24,25)/t19-,20-,23-/m1/s1. The zero-order chi connectivity index (χ0) is 19.3. The number of carbonyl (C=O) groups is 1. The quantitative estimate of drug-likeness (QED) is 0.629. The Balaban J connectivity index is 1.66. The van der Waals surface area contributed by atoms with Gasteiger partial charge in [0.05, 0.1) is 0 Å². The van der Waals surface area contributed by atoms with E-state index in [0.717, 1.165) is 31.1 Å². The molecule has 2 N–H and O–H groups in total. The van der Waals surface area contributed by atoms with Crippen molar-refractivity contribution in [2.75, 3.05) is 7.05 Å². The summed E-state index contributed by atoms with van der Waals surface area (Å²) in [4.78, 5) is 19.6. The molecular weight excluding hydrogens is 334 g/mol. The molecule has 2 fully saturated rings. The number of nitrogens with zero attached hydrogens (tertiary/aromatic N) is 2. The Kier molecular flexibility index (Phi) is 7.22. The van der Waals surface area contributed by atoms with Crippen LogP contribution in [0.2, 0.25) is 0 Å². The van der Waals surface area contributed by atoms with E-state index in [1.807, 2.05) is 0 Å². The van der Waals surface area contributed by atoms with Gasteiger partial charge in [0.25, 0.3) is 5.91 Å². The predicted molar refractivity (Wildman–Crippen MR) is 113 cm³/mol. The van der Waals surface area contributed by atoms with Crippen LogP contribution in [0.25, 0.3) is 0 Å². The molecule has 0 saturated heterocycles. The van der Waals surface area contributed by atoms with Crippen LogP contribution < -0.4 is 5.73 Å². The van der Waals surface area contributed by atoms with Crippen molar-refractivity contribution in [2.45, 2.75) is 109 Å². The molecule has 3 rings (SSSR count). The van der Waals surface area contributed by atoms with Crippen molar-refractivity contribution in [3.8, 4) is 0 Å². The fourth-order valence-corrected chi connectivity index (χ4v) is 5.90. The predicted octanol–water partition coefficient (Wildman–Crippen LogP) is 5.26. The largest absolute Gasteiger partial charge is 0.369 e. The summed E-state index contributed by atoms with van der Waals surface area (Å²) in [6.07, 6.45) is 19.0. The average Bonchev–Trinajstić information content (AvgIpc) is 2.90. The molecule has 0 aromatic rings. The Hall–Kier alpha value is -1.06. The van der Waals surface area contributed by atoms with Gasteiger partial charge in [-0.2, -0.15) is 0 Å². The van der Waals surface area contributed by atoms with Gasteiger partial charge >= 0.3 is 0 Å². The van der Waals surface area contributed by atoms with Crippen LogP contribution in [0.5, 0.6) is 0 Å². The summed E-state index contributed by atoms with van der Waals surface area (Å²) in [7, 11) is 1.80. The number of likely N-dealkylation sites (N-methyl/N-ethyl adjacent to an activating group) is 1. The number of guanidine groups is 1. The van der Waals surface area contributed by atoms with E-state index >= 15 is 0 Å². The Morgan fingerprint density at radius 3 is 2.41 bits per heavy atom. The van der Waals surface area contributed by atoms with Crippen LogP contribution in [0.3, 0.4) is 0 Å². The summed E-state index contributed by atoms with van der Waals surface area (Å²) in [5.74, 6) is 2.87. The van der Waals surface area contributed by atoms with Crippen molar-refractivity contribution in [1.82, 2.24) is 4.90 Å². The maximum atomic E-state index is 13.2. The van der Waals surface area contributed by atoms with Gasteiger partial charge < -0.3 is 5.73 Å². The van der Waals surface area contributed by atoms with E-state index in [1.54, 1.807) is 11.9 Å². The second-order valence-electron chi connectivity index (χ2n) is 9.65. The Morgan fingerprint density at radius 2 is 1.74 bits per heavy atom. The molecule has 1 heterocycles. The van der Waals surface area contributed by atoms with Crippen molar-refractivity contribution in [3.63, 3.8) is 0 Å². The maximum absolute atomic E-state index is 13.2. The fourth-order valence-electron chi connectivity index (χ4n) is 5.90. The topological polar surface area (TPSA) is 58.7 Å².